The van der Waals surface area contributed by atoms with E-state index < -0.39 is 11.1 Å². The van der Waals surface area contributed by atoms with E-state index in [4.69, 9.17) is 4.74 Å². The molecule has 2 aromatic rings. The molecule has 0 unspecified atom stereocenters. The number of carbonyl (C=O) groups is 1. The molecule has 1 heterocycles. The molecular formula is C22H26N3O3. The number of nitrogens with zero attached hydrogens (tertiary/aromatic N) is 3. The lowest BCUT2D eigenvalue weighted by Crippen LogP contribution is -2.60. The molecule has 1 aliphatic rings. The van der Waals surface area contributed by atoms with E-state index >= 15 is 0 Å². The third-order valence-corrected chi connectivity index (χ3v) is 4.97. The van der Waals surface area contributed by atoms with Crippen molar-refractivity contribution in [3.63, 3.8) is 0 Å². The maximum atomic E-state index is 12.5. The molecule has 2 aromatic carbocycles. The Morgan fingerprint density at radius 2 is 1.39 bits per heavy atom. The largest absolute Gasteiger partial charge is 0.459 e. The molecule has 0 spiro atoms. The highest BCUT2D eigenvalue weighted by Gasteiger charge is 2.47. The van der Waals surface area contributed by atoms with Gasteiger partial charge in [0.2, 0.25) is 0 Å². The number of rotatable bonds is 4. The summed E-state index contributed by atoms with van der Waals surface area (Å²) in [6, 6.07) is 16.3. The van der Waals surface area contributed by atoms with Crippen molar-refractivity contribution >= 4 is 17.3 Å². The summed E-state index contributed by atoms with van der Waals surface area (Å²) in [5, 5.41) is 21.9. The molecule has 0 aliphatic carbocycles. The van der Waals surface area contributed by atoms with E-state index in [0.29, 0.717) is 24.1 Å². The van der Waals surface area contributed by atoms with Crippen LogP contribution in [-0.2, 0) is 9.94 Å². The summed E-state index contributed by atoms with van der Waals surface area (Å²) in [7, 11) is 0. The summed E-state index contributed by atoms with van der Waals surface area (Å²) < 4.78 is 5.71. The van der Waals surface area contributed by atoms with Crippen LogP contribution in [0.5, 0.6) is 0 Å². The number of hydrogen-bond acceptors (Lipinski definition) is 5. The van der Waals surface area contributed by atoms with Crippen molar-refractivity contribution in [1.82, 2.24) is 5.06 Å². The Morgan fingerprint density at radius 1 is 0.893 bits per heavy atom. The monoisotopic (exact) mass is 380 g/mol. The highest BCUT2D eigenvalue weighted by atomic mass is 16.5. The van der Waals surface area contributed by atoms with Crippen LogP contribution in [0.15, 0.2) is 64.8 Å². The van der Waals surface area contributed by atoms with Gasteiger partial charge >= 0.3 is 5.97 Å². The van der Waals surface area contributed by atoms with Crippen LogP contribution in [0.25, 0.3) is 0 Å². The summed E-state index contributed by atoms with van der Waals surface area (Å²) in [6.07, 6.45) is 0.726. The third-order valence-electron chi connectivity index (χ3n) is 4.97. The molecule has 0 aromatic heterocycles. The Kier molecular flexibility index (Phi) is 5.63. The van der Waals surface area contributed by atoms with Crippen molar-refractivity contribution in [2.24, 2.45) is 10.2 Å². The molecule has 3 rings (SSSR count). The predicted octanol–water partition coefficient (Wildman–Crippen LogP) is 5.63. The molecule has 1 fully saturated rings. The fraction of sp³-hybridized carbons (Fsp3) is 0.409. The molecule has 1 saturated heterocycles. The van der Waals surface area contributed by atoms with E-state index in [-0.39, 0.29) is 12.1 Å². The zero-order valence-corrected chi connectivity index (χ0v) is 16.8. The molecule has 0 amide bonds. The first-order valence-corrected chi connectivity index (χ1v) is 9.43. The highest BCUT2D eigenvalue weighted by molar-refractivity contribution is 5.89. The van der Waals surface area contributed by atoms with Crippen molar-refractivity contribution in [3.05, 3.63) is 60.2 Å². The molecule has 6 heteroatoms. The maximum Gasteiger partial charge on any atom is 0.338 e. The Labute approximate surface area is 165 Å². The molecular weight excluding hydrogens is 354 g/mol. The normalized spacial score (nSPS) is 19.6. The molecule has 28 heavy (non-hydrogen) atoms. The van der Waals surface area contributed by atoms with Gasteiger partial charge in [0.15, 0.2) is 0 Å². The number of piperidine rings is 1. The Hall–Kier alpha value is -2.57. The van der Waals surface area contributed by atoms with E-state index in [9.17, 15) is 10.0 Å². The lowest BCUT2D eigenvalue weighted by Gasteiger charge is -2.49. The Bertz CT molecular complexity index is 827. The molecule has 0 bridgehead atoms. The first-order valence-electron chi connectivity index (χ1n) is 9.43. The van der Waals surface area contributed by atoms with Gasteiger partial charge in [-0.25, -0.2) is 4.79 Å². The fourth-order valence-corrected chi connectivity index (χ4v) is 3.75. The zero-order chi connectivity index (χ0) is 20.4. The molecule has 0 atom stereocenters. The third kappa shape index (κ3) is 4.64. The summed E-state index contributed by atoms with van der Waals surface area (Å²) in [4.78, 5) is 12.5. The molecule has 0 saturated carbocycles. The average Bonchev–Trinajstić information content (AvgIpc) is 2.65. The maximum absolute atomic E-state index is 12.5. The summed E-state index contributed by atoms with van der Waals surface area (Å²) in [5.41, 5.74) is 0.727. The zero-order valence-electron chi connectivity index (χ0n) is 16.8. The second-order valence-corrected chi connectivity index (χ2v) is 8.44. The van der Waals surface area contributed by atoms with Gasteiger partial charge in [-0.15, -0.1) is 10.3 Å². The minimum atomic E-state index is -0.575. The molecule has 1 radical (unpaired) electrons. The van der Waals surface area contributed by atoms with Crippen molar-refractivity contribution in [3.8, 4) is 0 Å². The van der Waals surface area contributed by atoms with E-state index in [1.54, 1.807) is 24.3 Å². The summed E-state index contributed by atoms with van der Waals surface area (Å²) in [5.74, 6) is -0.387. The molecule has 147 valence electrons. The minimum absolute atomic E-state index is 0.292. The number of hydroxylamine groups is 2. The summed E-state index contributed by atoms with van der Waals surface area (Å²) in [6.45, 7) is 7.53. The number of ether oxygens (including phenoxy) is 1. The number of hydrogen-bond donors (Lipinski definition) is 0. The van der Waals surface area contributed by atoms with Gasteiger partial charge in [-0.1, -0.05) is 18.2 Å². The standard InChI is InChI=1S/C22H26N3O3/c1-21(2)14-19(15-22(3,4)25(21)27)28-20(26)16-10-12-18(13-11-16)24-23-17-8-6-5-7-9-17/h5-13,19H,14-15H2,1-4H3. The van der Waals surface area contributed by atoms with Crippen LogP contribution in [0.1, 0.15) is 50.9 Å². The lowest BCUT2D eigenvalue weighted by atomic mass is 9.80. The van der Waals surface area contributed by atoms with Gasteiger partial charge in [0.1, 0.15) is 6.10 Å². The fourth-order valence-electron chi connectivity index (χ4n) is 3.75. The van der Waals surface area contributed by atoms with Gasteiger partial charge in [0.05, 0.1) is 16.9 Å². The minimum Gasteiger partial charge on any atom is -0.459 e. The van der Waals surface area contributed by atoms with Crippen LogP contribution >= 0.6 is 0 Å². The summed E-state index contributed by atoms with van der Waals surface area (Å²) >= 11 is 0. The molecule has 6 nitrogen and oxygen atoms in total. The van der Waals surface area contributed by atoms with Crippen LogP contribution < -0.4 is 0 Å². The van der Waals surface area contributed by atoms with E-state index in [1.165, 1.54) is 0 Å². The van der Waals surface area contributed by atoms with Gasteiger partial charge in [-0.2, -0.15) is 10.2 Å². The van der Waals surface area contributed by atoms with E-state index in [0.717, 1.165) is 10.8 Å². The van der Waals surface area contributed by atoms with Crippen LogP contribution in [0.2, 0.25) is 0 Å². The highest BCUT2D eigenvalue weighted by Crippen LogP contribution is 2.38. The number of azo groups is 1. The topological polar surface area (TPSA) is 74.2 Å². The molecule has 0 N–H and O–H groups in total. The van der Waals surface area contributed by atoms with Crippen LogP contribution in [0, 0.1) is 0 Å². The number of benzene rings is 2. The Balaban J connectivity index is 1.64. The van der Waals surface area contributed by atoms with Crippen molar-refractivity contribution < 1.29 is 14.7 Å². The predicted molar refractivity (Wildman–Crippen MR) is 106 cm³/mol. The van der Waals surface area contributed by atoms with Crippen molar-refractivity contribution in [2.75, 3.05) is 0 Å². The SMILES string of the molecule is CC1(C)CC(OC(=O)c2ccc(N=Nc3ccccc3)cc2)CC(C)(C)N1[O]. The first-order chi connectivity index (χ1) is 13.2. The van der Waals surface area contributed by atoms with Crippen molar-refractivity contribution in [1.29, 1.82) is 0 Å². The Morgan fingerprint density at radius 3 is 1.93 bits per heavy atom. The van der Waals surface area contributed by atoms with Gasteiger partial charge in [0, 0.05) is 23.9 Å². The van der Waals surface area contributed by atoms with Gasteiger partial charge in [0.25, 0.3) is 0 Å². The van der Waals surface area contributed by atoms with Crippen LogP contribution in [0.3, 0.4) is 0 Å². The van der Waals surface area contributed by atoms with Crippen LogP contribution in [0.4, 0.5) is 11.4 Å². The quantitative estimate of drug-likeness (QED) is 0.510. The first kappa shape index (κ1) is 20.2. The smallest absolute Gasteiger partial charge is 0.338 e. The van der Waals surface area contributed by atoms with Crippen LogP contribution in [-0.4, -0.2) is 28.2 Å². The number of carbonyl (C=O) groups excluding carboxylic acids is 1. The average molecular weight is 380 g/mol. The second-order valence-electron chi connectivity index (χ2n) is 8.44. The second kappa shape index (κ2) is 7.81. The van der Waals surface area contributed by atoms with Gasteiger partial charge in [-0.05, 0) is 64.1 Å². The van der Waals surface area contributed by atoms with Crippen molar-refractivity contribution in [2.45, 2.75) is 57.7 Å². The number of esters is 1. The molecule has 1 aliphatic heterocycles. The van der Waals surface area contributed by atoms with Gasteiger partial charge in [-0.3, -0.25) is 0 Å². The van der Waals surface area contributed by atoms with E-state index in [1.807, 2.05) is 58.0 Å². The van der Waals surface area contributed by atoms with Gasteiger partial charge < -0.3 is 4.74 Å². The van der Waals surface area contributed by atoms with E-state index in [2.05, 4.69) is 10.2 Å². The lowest BCUT2D eigenvalue weighted by molar-refractivity contribution is -0.298.